The Labute approximate surface area is 233 Å². The lowest BCUT2D eigenvalue weighted by Gasteiger charge is -2.17. The number of aromatic nitrogens is 2. The molecule has 0 radical (unpaired) electrons. The summed E-state index contributed by atoms with van der Waals surface area (Å²) in [6.07, 6.45) is 0.462. The summed E-state index contributed by atoms with van der Waals surface area (Å²) >= 11 is 9.87. The first-order chi connectivity index (χ1) is 16.7. The zero-order valence-electron chi connectivity index (χ0n) is 19.4. The molecule has 0 bridgehead atoms. The van der Waals surface area contributed by atoms with Crippen molar-refractivity contribution in [2.45, 2.75) is 24.4 Å². The van der Waals surface area contributed by atoms with Gasteiger partial charge in [-0.15, -0.1) is 17.0 Å². The van der Waals surface area contributed by atoms with Crippen LogP contribution in [0.2, 0.25) is 5.02 Å². The van der Waals surface area contributed by atoms with Gasteiger partial charge < -0.3 is 9.13 Å². The van der Waals surface area contributed by atoms with Crippen LogP contribution in [0.15, 0.2) is 82.2 Å². The maximum Gasteiger partial charge on any atom is 0.242 e. The van der Waals surface area contributed by atoms with Crippen molar-refractivity contribution in [2.24, 2.45) is 0 Å². The minimum absolute atomic E-state index is 0. The van der Waals surface area contributed by atoms with E-state index in [-0.39, 0.29) is 46.4 Å². The number of nitrogens with one attached hydrogen (secondary N) is 1. The fourth-order valence-corrected chi connectivity index (χ4v) is 5.71. The van der Waals surface area contributed by atoms with Crippen molar-refractivity contribution in [3.63, 3.8) is 0 Å². The molecule has 0 spiro atoms. The normalized spacial score (nSPS) is 11.6. The molecule has 0 saturated carbocycles. The molecular weight excluding hydrogens is 632 g/mol. The van der Waals surface area contributed by atoms with Crippen molar-refractivity contribution in [2.75, 3.05) is 13.6 Å². The maximum absolute atomic E-state index is 12.9. The number of hydrogen-bond donors (Lipinski definition) is 1. The molecule has 0 aliphatic heterocycles. The van der Waals surface area contributed by atoms with Crippen molar-refractivity contribution < 1.29 is 13.2 Å². The summed E-state index contributed by atoms with van der Waals surface area (Å²) in [5, 5.41) is 9.25. The zero-order valence-corrected chi connectivity index (χ0v) is 24.3. The predicted molar refractivity (Wildman–Crippen MR) is 150 cm³/mol. The van der Waals surface area contributed by atoms with E-state index in [4.69, 9.17) is 17.0 Å². The minimum Gasteiger partial charge on any atom is -0.309 e. The van der Waals surface area contributed by atoms with Crippen LogP contribution >= 0.6 is 44.5 Å². The molecule has 3 aromatic carbocycles. The monoisotopic (exact) mass is 654 g/mol. The van der Waals surface area contributed by atoms with Crippen molar-refractivity contribution in [3.8, 4) is 0 Å². The average Bonchev–Trinajstić information content (AvgIpc) is 3.12. The summed E-state index contributed by atoms with van der Waals surface area (Å²) in [6, 6.07) is 20.7. The number of aryl methyl sites for hydroxylation is 1. The molecule has 0 atom stereocenters. The molecule has 4 aromatic rings. The van der Waals surface area contributed by atoms with Gasteiger partial charge in [0.05, 0.1) is 27.5 Å². The van der Waals surface area contributed by atoms with Crippen LogP contribution < -0.4 is 5.62 Å². The minimum atomic E-state index is -3.60. The van der Waals surface area contributed by atoms with Gasteiger partial charge in [-0.05, 0) is 42.8 Å². The number of imidazole rings is 1. The molecule has 36 heavy (non-hydrogen) atoms. The van der Waals surface area contributed by atoms with Gasteiger partial charge in [-0.25, -0.2) is 12.7 Å². The van der Waals surface area contributed by atoms with Crippen LogP contribution in [0.3, 0.4) is 0 Å². The highest BCUT2D eigenvalue weighted by molar-refractivity contribution is 9.10. The Hall–Kier alpha value is -2.24. The SMILES string of the molecule is Br.CN(CCCn1c(=N)n(CC(=O)c2ccc(Br)cc2)c2cccc(Cl)c21)S(=O)(=O)c1ccccc1. The number of para-hydroxylation sites is 1. The summed E-state index contributed by atoms with van der Waals surface area (Å²) < 4.78 is 31.2. The summed E-state index contributed by atoms with van der Waals surface area (Å²) in [7, 11) is -2.06. The zero-order chi connectivity index (χ0) is 25.2. The van der Waals surface area contributed by atoms with Gasteiger partial charge >= 0.3 is 0 Å². The number of carbonyl (C=O) groups excluding carboxylic acids is 1. The number of hydrogen-bond acceptors (Lipinski definition) is 4. The van der Waals surface area contributed by atoms with Crippen molar-refractivity contribution in [1.29, 1.82) is 5.41 Å². The first kappa shape index (κ1) is 28.3. The van der Waals surface area contributed by atoms with Crippen LogP contribution in [-0.4, -0.2) is 41.2 Å². The Kier molecular flexibility index (Phi) is 9.34. The third-order valence-electron chi connectivity index (χ3n) is 5.81. The number of ketones is 1. The second-order valence-corrected chi connectivity index (χ2v) is 11.5. The lowest BCUT2D eigenvalue weighted by molar-refractivity contribution is 0.0971. The fourth-order valence-electron chi connectivity index (χ4n) is 3.95. The van der Waals surface area contributed by atoms with E-state index in [0.717, 1.165) is 4.47 Å². The Morgan fingerprint density at radius 3 is 2.33 bits per heavy atom. The largest absolute Gasteiger partial charge is 0.309 e. The van der Waals surface area contributed by atoms with Crippen LogP contribution in [-0.2, 0) is 23.1 Å². The summed E-state index contributed by atoms with van der Waals surface area (Å²) in [5.41, 5.74) is 2.01. The van der Waals surface area contributed by atoms with Gasteiger partial charge in [0, 0.05) is 30.2 Å². The third kappa shape index (κ3) is 5.84. The third-order valence-corrected chi connectivity index (χ3v) is 8.52. The van der Waals surface area contributed by atoms with Crippen molar-refractivity contribution in [1.82, 2.24) is 13.4 Å². The first-order valence-electron chi connectivity index (χ1n) is 10.9. The number of Topliss-reactive ketones (excluding diaryl/α,β-unsaturated/α-hetero) is 1. The average molecular weight is 657 g/mol. The molecule has 0 fully saturated rings. The van der Waals surface area contributed by atoms with E-state index in [2.05, 4.69) is 15.9 Å². The fraction of sp³-hybridized carbons (Fsp3) is 0.200. The van der Waals surface area contributed by atoms with Crippen molar-refractivity contribution >= 4 is 71.4 Å². The van der Waals surface area contributed by atoms with Gasteiger partial charge in [0.1, 0.15) is 0 Å². The summed E-state index contributed by atoms with van der Waals surface area (Å²) in [4.78, 5) is 13.2. The maximum atomic E-state index is 12.9. The highest BCUT2D eigenvalue weighted by Gasteiger charge is 2.21. The second kappa shape index (κ2) is 11.9. The molecule has 0 unspecified atom stereocenters. The van der Waals surface area contributed by atoms with Gasteiger partial charge in [0.2, 0.25) is 15.6 Å². The molecule has 11 heteroatoms. The van der Waals surface area contributed by atoms with Gasteiger partial charge in [0.25, 0.3) is 0 Å². The van der Waals surface area contributed by atoms with E-state index >= 15 is 0 Å². The molecule has 7 nitrogen and oxygen atoms in total. The quantitative estimate of drug-likeness (QED) is 0.241. The van der Waals surface area contributed by atoms with Crippen LogP contribution in [0.4, 0.5) is 0 Å². The number of benzene rings is 3. The van der Waals surface area contributed by atoms with E-state index in [1.807, 2.05) is 6.07 Å². The highest BCUT2D eigenvalue weighted by atomic mass is 79.9. The Morgan fingerprint density at radius 2 is 1.67 bits per heavy atom. The lowest BCUT2D eigenvalue weighted by Crippen LogP contribution is -2.31. The molecule has 0 saturated heterocycles. The lowest BCUT2D eigenvalue weighted by atomic mass is 10.1. The first-order valence-corrected chi connectivity index (χ1v) is 13.5. The molecule has 1 N–H and O–H groups in total. The van der Waals surface area contributed by atoms with Crippen molar-refractivity contribution in [3.05, 3.63) is 93.5 Å². The molecule has 4 rings (SSSR count). The summed E-state index contributed by atoms with van der Waals surface area (Å²) in [6.45, 7) is 0.623. The second-order valence-electron chi connectivity index (χ2n) is 8.09. The van der Waals surface area contributed by atoms with Crippen LogP contribution in [0.25, 0.3) is 11.0 Å². The Morgan fingerprint density at radius 1 is 1.00 bits per heavy atom. The molecule has 1 aromatic heterocycles. The molecule has 0 aliphatic rings. The van der Waals surface area contributed by atoms with Gasteiger partial charge in [-0.3, -0.25) is 10.2 Å². The number of nitrogens with zero attached hydrogens (tertiary/aromatic N) is 3. The molecule has 190 valence electrons. The number of sulfonamides is 1. The van der Waals surface area contributed by atoms with Crippen LogP contribution in [0.1, 0.15) is 16.8 Å². The standard InChI is InChI=1S/C25H24BrClN4O3S.BrH/c1-29(35(33,34)20-7-3-2-4-8-20)15-6-16-30-24-21(27)9-5-10-22(24)31(25(30)28)17-23(32)18-11-13-19(26)14-12-18;/h2-5,7-14,28H,6,15-17H2,1H3;1H. The van der Waals surface area contributed by atoms with E-state index in [1.54, 1.807) is 82.9 Å². The number of fused-ring (bicyclic) bond motifs is 1. The predicted octanol–water partition coefficient (Wildman–Crippen LogP) is 5.51. The summed E-state index contributed by atoms with van der Waals surface area (Å²) in [5.74, 6) is -0.122. The number of carbonyl (C=O) groups is 1. The Balaban J connectivity index is 0.00000361. The van der Waals surface area contributed by atoms with E-state index < -0.39 is 10.0 Å². The van der Waals surface area contributed by atoms with Crippen LogP contribution in [0.5, 0.6) is 0 Å². The smallest absolute Gasteiger partial charge is 0.242 e. The highest BCUT2D eigenvalue weighted by Crippen LogP contribution is 2.24. The molecular formula is C25H25Br2ClN4O3S. The number of rotatable bonds is 9. The topological polar surface area (TPSA) is 88.2 Å². The van der Waals surface area contributed by atoms with E-state index in [9.17, 15) is 13.2 Å². The van der Waals surface area contributed by atoms with Gasteiger partial charge in [-0.1, -0.05) is 63.9 Å². The molecule has 0 aliphatic carbocycles. The molecule has 0 amide bonds. The Bertz CT molecular complexity index is 1540. The van der Waals surface area contributed by atoms with Gasteiger partial charge in [-0.2, -0.15) is 0 Å². The van der Waals surface area contributed by atoms with Gasteiger partial charge in [0.15, 0.2) is 5.78 Å². The van der Waals surface area contributed by atoms with Crippen LogP contribution in [0, 0.1) is 5.41 Å². The molecule has 1 heterocycles. The van der Waals surface area contributed by atoms with E-state index in [1.165, 1.54) is 4.31 Å². The van der Waals surface area contributed by atoms with E-state index in [0.29, 0.717) is 34.6 Å². The number of halogens is 3.